The lowest BCUT2D eigenvalue weighted by molar-refractivity contribution is 0.136. The van der Waals surface area contributed by atoms with Gasteiger partial charge in [0, 0.05) is 23.0 Å². The lowest BCUT2D eigenvalue weighted by Crippen LogP contribution is -2.37. The summed E-state index contributed by atoms with van der Waals surface area (Å²) in [6.45, 7) is 1.57. The van der Waals surface area contributed by atoms with Crippen molar-refractivity contribution >= 4 is 30.6 Å². The maximum atomic E-state index is 5.82. The summed E-state index contributed by atoms with van der Waals surface area (Å²) in [5.41, 5.74) is 0. The fraction of sp³-hybridized carbons (Fsp3) is 0.250. The summed E-state index contributed by atoms with van der Waals surface area (Å²) in [4.78, 5) is 2.48. The van der Waals surface area contributed by atoms with Gasteiger partial charge in [-0.2, -0.15) is 0 Å². The van der Waals surface area contributed by atoms with E-state index in [1.165, 1.54) is 9.79 Å². The molecule has 2 aromatic carbocycles. The van der Waals surface area contributed by atoms with Crippen LogP contribution in [0.5, 0.6) is 0 Å². The van der Waals surface area contributed by atoms with E-state index in [0.29, 0.717) is 0 Å². The normalized spacial score (nSPS) is 15.4. The molecule has 5 heteroatoms. The van der Waals surface area contributed by atoms with Crippen LogP contribution in [0.3, 0.4) is 0 Å². The minimum absolute atomic E-state index is 0.158. The molecule has 0 aliphatic carbocycles. The van der Waals surface area contributed by atoms with E-state index in [1.54, 1.807) is 23.5 Å². The van der Waals surface area contributed by atoms with E-state index in [4.69, 9.17) is 9.31 Å². The molecule has 0 bridgehead atoms. The molecule has 1 aliphatic rings. The van der Waals surface area contributed by atoms with Crippen LogP contribution in [0.1, 0.15) is 6.42 Å². The zero-order valence-electron chi connectivity index (χ0n) is 11.7. The third-order valence-corrected chi connectivity index (χ3v) is 5.64. The summed E-state index contributed by atoms with van der Waals surface area (Å²) in [7, 11) is -0.158. The largest absolute Gasteiger partial charge is 0.482 e. The molecule has 1 fully saturated rings. The zero-order chi connectivity index (χ0) is 14.3. The predicted octanol–water partition coefficient (Wildman–Crippen LogP) is 4.36. The van der Waals surface area contributed by atoms with E-state index in [-0.39, 0.29) is 11.6 Å². The second kappa shape index (κ2) is 7.94. The zero-order valence-corrected chi connectivity index (χ0v) is 13.3. The molecular weight excluding hydrogens is 299 g/mol. The number of hydrogen-bond donors (Lipinski definition) is 0. The van der Waals surface area contributed by atoms with Gasteiger partial charge >= 0.3 is 7.12 Å². The molecule has 3 rings (SSSR count). The number of benzene rings is 2. The predicted molar refractivity (Wildman–Crippen MR) is 90.7 cm³/mol. The molecule has 1 heterocycles. The summed E-state index contributed by atoms with van der Waals surface area (Å²) < 4.78 is 11.8. The first-order valence-corrected chi connectivity index (χ1v) is 8.84. The third-order valence-electron chi connectivity index (χ3n) is 3.07. The van der Waals surface area contributed by atoms with Gasteiger partial charge in [0.2, 0.25) is 0 Å². The molecule has 2 nitrogen and oxygen atoms in total. The van der Waals surface area contributed by atoms with Crippen LogP contribution < -0.4 is 0 Å². The topological polar surface area (TPSA) is 18.5 Å². The Labute approximate surface area is 134 Å². The van der Waals surface area contributed by atoms with Gasteiger partial charge in [0.15, 0.2) is 0 Å². The van der Waals surface area contributed by atoms with Gasteiger partial charge in [0.25, 0.3) is 0 Å². The standard InChI is InChI=1S/C16H17BO2S2/c1-3-8-14(9-4-1)20-16(17-18-12-7-13-19-17)21-15-10-5-2-6-11-15/h1-6,8-11,16H,7,12-13H2. The Hall–Kier alpha value is -0.875. The molecule has 21 heavy (non-hydrogen) atoms. The molecule has 0 aromatic heterocycles. The number of rotatable bonds is 5. The summed E-state index contributed by atoms with van der Waals surface area (Å²) >= 11 is 3.61. The van der Waals surface area contributed by atoms with E-state index in [0.717, 1.165) is 19.6 Å². The monoisotopic (exact) mass is 316 g/mol. The quantitative estimate of drug-likeness (QED) is 0.463. The second-order valence-electron chi connectivity index (χ2n) is 4.69. The van der Waals surface area contributed by atoms with Crippen LogP contribution in [-0.4, -0.2) is 24.8 Å². The first-order chi connectivity index (χ1) is 10.4. The Morgan fingerprint density at radius 3 is 1.71 bits per heavy atom. The van der Waals surface area contributed by atoms with Crippen molar-refractivity contribution in [1.29, 1.82) is 0 Å². The van der Waals surface area contributed by atoms with Crippen LogP contribution in [0, 0.1) is 0 Å². The van der Waals surface area contributed by atoms with Crippen LogP contribution in [-0.2, 0) is 9.31 Å². The molecule has 0 spiro atoms. The van der Waals surface area contributed by atoms with Crippen molar-refractivity contribution in [2.75, 3.05) is 13.2 Å². The highest BCUT2D eigenvalue weighted by Gasteiger charge is 2.34. The van der Waals surface area contributed by atoms with Crippen molar-refractivity contribution in [2.45, 2.75) is 20.7 Å². The molecule has 2 aromatic rings. The summed E-state index contributed by atoms with van der Waals surface area (Å²) in [5, 5.41) is 0. The Morgan fingerprint density at radius 1 is 0.762 bits per heavy atom. The van der Waals surface area contributed by atoms with Crippen molar-refractivity contribution in [3.8, 4) is 0 Å². The molecule has 108 valence electrons. The summed E-state index contributed by atoms with van der Waals surface area (Å²) in [6.07, 6.45) is 0.981. The first kappa shape index (κ1) is 15.0. The van der Waals surface area contributed by atoms with Crippen molar-refractivity contribution in [1.82, 2.24) is 0 Å². The maximum absolute atomic E-state index is 5.82. The Morgan fingerprint density at radius 2 is 1.24 bits per heavy atom. The third kappa shape index (κ3) is 4.55. The van der Waals surface area contributed by atoms with Crippen LogP contribution in [0.2, 0.25) is 0 Å². The summed E-state index contributed by atoms with van der Waals surface area (Å²) in [6, 6.07) is 20.9. The van der Waals surface area contributed by atoms with Crippen molar-refractivity contribution in [3.63, 3.8) is 0 Å². The Kier molecular flexibility index (Phi) is 5.69. The molecule has 0 saturated carbocycles. The number of thioether (sulfide) groups is 2. The van der Waals surface area contributed by atoms with E-state index in [9.17, 15) is 0 Å². The molecule has 0 amide bonds. The van der Waals surface area contributed by atoms with Gasteiger partial charge in [-0.15, -0.1) is 23.5 Å². The lowest BCUT2D eigenvalue weighted by atomic mass is 9.93. The van der Waals surface area contributed by atoms with Crippen LogP contribution in [0.25, 0.3) is 0 Å². The van der Waals surface area contributed by atoms with Gasteiger partial charge in [0.1, 0.15) is 0 Å². The average Bonchev–Trinajstić information content (AvgIpc) is 2.57. The molecule has 1 saturated heterocycles. The van der Waals surface area contributed by atoms with Gasteiger partial charge in [-0.05, 0) is 30.7 Å². The maximum Gasteiger partial charge on any atom is 0.482 e. The Bertz CT molecular complexity index is 491. The van der Waals surface area contributed by atoms with Crippen LogP contribution in [0.15, 0.2) is 70.5 Å². The van der Waals surface area contributed by atoms with Gasteiger partial charge in [-0.25, -0.2) is 0 Å². The average molecular weight is 316 g/mol. The van der Waals surface area contributed by atoms with E-state index in [2.05, 4.69) is 48.5 Å². The van der Waals surface area contributed by atoms with Crippen molar-refractivity contribution < 1.29 is 9.31 Å². The van der Waals surface area contributed by atoms with Gasteiger partial charge < -0.3 is 9.31 Å². The Balaban J connectivity index is 1.73. The molecule has 0 atom stereocenters. The van der Waals surface area contributed by atoms with Crippen LogP contribution >= 0.6 is 23.5 Å². The summed E-state index contributed by atoms with van der Waals surface area (Å²) in [5.74, 6) is 0. The van der Waals surface area contributed by atoms with E-state index < -0.39 is 0 Å². The minimum Gasteiger partial charge on any atom is -0.410 e. The first-order valence-electron chi connectivity index (χ1n) is 7.08. The van der Waals surface area contributed by atoms with Gasteiger partial charge in [-0.3, -0.25) is 0 Å². The smallest absolute Gasteiger partial charge is 0.410 e. The van der Waals surface area contributed by atoms with Crippen LogP contribution in [0.4, 0.5) is 0 Å². The SMILES string of the molecule is c1ccc(SC(Sc2ccccc2)B2OCCCO2)cc1. The highest BCUT2D eigenvalue weighted by atomic mass is 32.2. The second-order valence-corrected chi connectivity index (χ2v) is 7.42. The lowest BCUT2D eigenvalue weighted by Gasteiger charge is -2.26. The highest BCUT2D eigenvalue weighted by Crippen LogP contribution is 2.38. The van der Waals surface area contributed by atoms with E-state index in [1.807, 2.05) is 12.1 Å². The molecule has 0 unspecified atom stereocenters. The molecular formula is C16H17BO2S2. The molecule has 0 N–H and O–H groups in total. The van der Waals surface area contributed by atoms with E-state index >= 15 is 0 Å². The number of hydrogen-bond acceptors (Lipinski definition) is 4. The highest BCUT2D eigenvalue weighted by molar-refractivity contribution is 8.19. The molecule has 0 radical (unpaired) electrons. The van der Waals surface area contributed by atoms with Crippen molar-refractivity contribution in [2.24, 2.45) is 0 Å². The molecule has 1 aliphatic heterocycles. The fourth-order valence-electron chi connectivity index (χ4n) is 2.06. The minimum atomic E-state index is -0.158. The van der Waals surface area contributed by atoms with Crippen molar-refractivity contribution in [3.05, 3.63) is 60.7 Å². The van der Waals surface area contributed by atoms with Gasteiger partial charge in [0.05, 0.1) is 4.48 Å². The fourth-order valence-corrected chi connectivity index (χ4v) is 4.63. The van der Waals surface area contributed by atoms with Gasteiger partial charge in [-0.1, -0.05) is 36.4 Å².